The molecule has 9 nitrogen and oxygen atoms in total. The van der Waals surface area contributed by atoms with Crippen LogP contribution in [0.3, 0.4) is 0 Å². The first kappa shape index (κ1) is 25.3. The molecule has 0 unspecified atom stereocenters. The average Bonchev–Trinajstić information content (AvgIpc) is 2.78. The summed E-state index contributed by atoms with van der Waals surface area (Å²) in [4.78, 5) is 47.4. The second-order valence-electron chi connectivity index (χ2n) is 8.33. The number of benzene rings is 1. The molecule has 2 heterocycles. The average molecular weight is 484 g/mol. The van der Waals surface area contributed by atoms with Gasteiger partial charge in [-0.2, -0.15) is 0 Å². The lowest BCUT2D eigenvalue weighted by Gasteiger charge is -2.19. The van der Waals surface area contributed by atoms with Crippen LogP contribution in [0.15, 0.2) is 36.7 Å². The number of pyridine rings is 1. The summed E-state index contributed by atoms with van der Waals surface area (Å²) < 4.78 is 38.6. The third kappa shape index (κ3) is 6.19. The number of halogens is 2. The van der Waals surface area contributed by atoms with Gasteiger partial charge in [-0.1, -0.05) is 12.1 Å². The molecule has 1 N–H and O–H groups in total. The lowest BCUT2D eigenvalue weighted by Crippen LogP contribution is -2.24. The van der Waals surface area contributed by atoms with E-state index in [4.69, 9.17) is 9.47 Å². The Balaban J connectivity index is 1.99. The zero-order chi connectivity index (χ0) is 25.8. The Morgan fingerprint density at radius 3 is 2.23 bits per heavy atom. The number of esters is 2. The predicted octanol–water partition coefficient (Wildman–Crippen LogP) is 4.04. The fourth-order valence-corrected chi connectivity index (χ4v) is 3.08. The zero-order valence-corrected chi connectivity index (χ0v) is 19.4. The van der Waals surface area contributed by atoms with Crippen molar-refractivity contribution in [1.29, 1.82) is 0 Å². The lowest BCUT2D eigenvalue weighted by atomic mass is 10.1. The summed E-state index contributed by atoms with van der Waals surface area (Å²) in [6.07, 6.45) is 1.84. The van der Waals surface area contributed by atoms with Crippen molar-refractivity contribution < 1.29 is 32.6 Å². The second kappa shape index (κ2) is 10.3. The number of methoxy groups -OCH3 is 1. The normalized spacial score (nSPS) is 11.0. The van der Waals surface area contributed by atoms with E-state index in [9.17, 15) is 23.2 Å². The molecule has 0 aliphatic heterocycles. The number of hydrogen-bond donors (Lipinski definition) is 1. The number of rotatable bonds is 7. The molecule has 11 heteroatoms. The van der Waals surface area contributed by atoms with Gasteiger partial charge < -0.3 is 14.8 Å². The maximum atomic E-state index is 14.3. The monoisotopic (exact) mass is 484 g/mol. The molecule has 0 saturated carbocycles. The molecule has 0 radical (unpaired) electrons. The van der Waals surface area contributed by atoms with E-state index in [1.165, 1.54) is 0 Å². The first-order valence-electron chi connectivity index (χ1n) is 10.3. The third-order valence-electron chi connectivity index (χ3n) is 4.50. The molecule has 182 valence electrons. The van der Waals surface area contributed by atoms with Crippen LogP contribution in [-0.4, -0.2) is 45.9 Å². The molecular weight excluding hydrogens is 462 g/mol. The van der Waals surface area contributed by atoms with Crippen molar-refractivity contribution in [2.45, 2.75) is 32.8 Å². The first-order valence-corrected chi connectivity index (χ1v) is 10.3. The van der Waals surface area contributed by atoms with Gasteiger partial charge in [0.25, 0.3) is 0 Å². The zero-order valence-electron chi connectivity index (χ0n) is 19.4. The molecule has 0 aliphatic rings. The third-order valence-corrected chi connectivity index (χ3v) is 4.50. The fourth-order valence-electron chi connectivity index (χ4n) is 3.08. The number of nitrogens with zero attached hydrogens (tertiary/aromatic N) is 3. The smallest absolute Gasteiger partial charge is 0.344 e. The standard InChI is InChI=1S/C24H22F2N4O5/c1-24(2,3)35-18(32)9-13-5-7-14(8-6-13)28-22-20(23(33)34-4)17(12-31)29-21(30-22)19-15(25)10-27-11-16(19)26/h5-8,10-12H,9H2,1-4H3,(H,28,29,30). The van der Waals surface area contributed by atoms with E-state index < -0.39 is 46.3 Å². The molecule has 0 bridgehead atoms. The Bertz CT molecular complexity index is 1250. The predicted molar refractivity (Wildman–Crippen MR) is 121 cm³/mol. The highest BCUT2D eigenvalue weighted by atomic mass is 19.1. The van der Waals surface area contributed by atoms with Crippen LogP contribution in [0.1, 0.15) is 47.2 Å². The van der Waals surface area contributed by atoms with E-state index >= 15 is 0 Å². The highest BCUT2D eigenvalue weighted by Gasteiger charge is 2.25. The van der Waals surface area contributed by atoms with Gasteiger partial charge in [0, 0.05) is 5.69 Å². The van der Waals surface area contributed by atoms with E-state index in [-0.39, 0.29) is 24.1 Å². The molecular formula is C24H22F2N4O5. The molecule has 0 aliphatic carbocycles. The summed E-state index contributed by atoms with van der Waals surface area (Å²) in [6, 6.07) is 6.48. The molecule has 35 heavy (non-hydrogen) atoms. The summed E-state index contributed by atoms with van der Waals surface area (Å²) in [5.74, 6) is -4.11. The van der Waals surface area contributed by atoms with Gasteiger partial charge in [-0.15, -0.1) is 0 Å². The van der Waals surface area contributed by atoms with Gasteiger partial charge in [-0.05, 0) is 38.5 Å². The van der Waals surface area contributed by atoms with Gasteiger partial charge in [-0.25, -0.2) is 23.5 Å². The van der Waals surface area contributed by atoms with Crippen LogP contribution in [0, 0.1) is 11.6 Å². The van der Waals surface area contributed by atoms with Crippen molar-refractivity contribution in [2.75, 3.05) is 12.4 Å². The molecule has 3 aromatic rings. The fraction of sp³-hybridized carbons (Fsp3) is 0.250. The minimum atomic E-state index is -1.05. The van der Waals surface area contributed by atoms with Crippen molar-refractivity contribution in [3.8, 4) is 11.4 Å². The van der Waals surface area contributed by atoms with Gasteiger partial charge in [0.1, 0.15) is 22.7 Å². The largest absolute Gasteiger partial charge is 0.465 e. The molecule has 0 atom stereocenters. The minimum Gasteiger partial charge on any atom is -0.465 e. The van der Waals surface area contributed by atoms with Gasteiger partial charge in [0.15, 0.2) is 23.7 Å². The molecule has 0 amide bonds. The quantitative estimate of drug-likeness (QED) is 0.391. The highest BCUT2D eigenvalue weighted by Crippen LogP contribution is 2.28. The number of hydrogen-bond acceptors (Lipinski definition) is 9. The number of aldehydes is 1. The summed E-state index contributed by atoms with van der Waals surface area (Å²) >= 11 is 0. The summed E-state index contributed by atoms with van der Waals surface area (Å²) in [7, 11) is 1.10. The van der Waals surface area contributed by atoms with E-state index in [0.29, 0.717) is 11.3 Å². The Morgan fingerprint density at radius 1 is 1.06 bits per heavy atom. The Labute approximate surface area is 199 Å². The van der Waals surface area contributed by atoms with Crippen LogP contribution in [-0.2, 0) is 20.7 Å². The molecule has 0 saturated heterocycles. The molecule has 2 aromatic heterocycles. The maximum absolute atomic E-state index is 14.3. The van der Waals surface area contributed by atoms with Crippen molar-refractivity contribution >= 4 is 29.7 Å². The Morgan fingerprint density at radius 2 is 1.69 bits per heavy atom. The van der Waals surface area contributed by atoms with Crippen LogP contribution < -0.4 is 5.32 Å². The second-order valence-corrected chi connectivity index (χ2v) is 8.33. The molecule has 0 spiro atoms. The van der Waals surface area contributed by atoms with Crippen LogP contribution in [0.4, 0.5) is 20.3 Å². The van der Waals surface area contributed by atoms with Crippen molar-refractivity contribution in [3.05, 3.63) is 65.1 Å². The molecule has 3 rings (SSSR count). The van der Waals surface area contributed by atoms with Crippen molar-refractivity contribution in [3.63, 3.8) is 0 Å². The van der Waals surface area contributed by atoms with Gasteiger partial charge in [0.05, 0.1) is 31.5 Å². The van der Waals surface area contributed by atoms with E-state index in [2.05, 4.69) is 20.3 Å². The van der Waals surface area contributed by atoms with E-state index in [1.54, 1.807) is 45.0 Å². The number of anilines is 2. The number of carbonyl (C=O) groups excluding carboxylic acids is 3. The summed E-state index contributed by atoms with van der Waals surface area (Å²) in [5.41, 5.74) is -0.913. The number of nitrogens with one attached hydrogen (secondary N) is 1. The van der Waals surface area contributed by atoms with Gasteiger partial charge >= 0.3 is 11.9 Å². The van der Waals surface area contributed by atoms with Crippen molar-refractivity contribution in [2.24, 2.45) is 0 Å². The van der Waals surface area contributed by atoms with Gasteiger partial charge in [-0.3, -0.25) is 14.6 Å². The number of aromatic nitrogens is 3. The van der Waals surface area contributed by atoms with Crippen LogP contribution in [0.25, 0.3) is 11.4 Å². The number of ether oxygens (including phenoxy) is 2. The summed E-state index contributed by atoms with van der Waals surface area (Å²) in [5, 5.41) is 2.84. The first-order chi connectivity index (χ1) is 16.5. The maximum Gasteiger partial charge on any atom is 0.344 e. The molecule has 0 fully saturated rings. The van der Waals surface area contributed by atoms with Crippen LogP contribution in [0.2, 0.25) is 0 Å². The lowest BCUT2D eigenvalue weighted by molar-refractivity contribution is -0.153. The Hall–Kier alpha value is -4.28. The van der Waals surface area contributed by atoms with E-state index in [1.807, 2.05) is 0 Å². The summed E-state index contributed by atoms with van der Waals surface area (Å²) in [6.45, 7) is 5.30. The van der Waals surface area contributed by atoms with Gasteiger partial charge in [0.2, 0.25) is 0 Å². The van der Waals surface area contributed by atoms with E-state index in [0.717, 1.165) is 19.5 Å². The Kier molecular flexibility index (Phi) is 7.48. The number of carbonyl (C=O) groups is 3. The van der Waals surface area contributed by atoms with Crippen molar-refractivity contribution in [1.82, 2.24) is 15.0 Å². The molecule has 1 aromatic carbocycles. The minimum absolute atomic E-state index is 0.0402. The highest BCUT2D eigenvalue weighted by molar-refractivity contribution is 6.02. The van der Waals surface area contributed by atoms with Crippen LogP contribution in [0.5, 0.6) is 0 Å². The topological polar surface area (TPSA) is 120 Å². The van der Waals surface area contributed by atoms with Crippen LogP contribution >= 0.6 is 0 Å². The SMILES string of the molecule is COC(=O)c1c(C=O)nc(-c2c(F)cncc2F)nc1Nc1ccc(CC(=O)OC(C)(C)C)cc1.